The smallest absolute Gasteiger partial charge is 0.0701 e. The number of rotatable bonds is 0. The third-order valence-electron chi connectivity index (χ3n) is 0.204. The highest BCUT2D eigenvalue weighted by molar-refractivity contribution is 4.36. The Morgan fingerprint density at radius 2 is 1.57 bits per heavy atom. The van der Waals surface area contributed by atoms with Crippen molar-refractivity contribution in [2.75, 3.05) is 13.2 Å². The van der Waals surface area contributed by atoms with E-state index in [-0.39, 0.29) is 0 Å². The highest BCUT2D eigenvalue weighted by Crippen LogP contribution is 1.84. The Morgan fingerprint density at radius 1 is 1.43 bits per heavy atom. The summed E-state index contributed by atoms with van der Waals surface area (Å²) in [5, 5.41) is 0. The van der Waals surface area contributed by atoms with E-state index in [0.717, 1.165) is 13.2 Å². The van der Waals surface area contributed by atoms with E-state index in [9.17, 15) is 0 Å². The van der Waals surface area contributed by atoms with Gasteiger partial charge in [0.2, 0.25) is 0 Å². The summed E-state index contributed by atoms with van der Waals surface area (Å²) < 4.78 is 4.50. The lowest BCUT2D eigenvalue weighted by Gasteiger charge is -1.81. The monoisotopic (exact) mass is 103 g/mol. The minimum Gasteiger partial charge on any atom is -0.377 e. The molecular weight excluding hydrogens is 90.1 g/mol. The number of ether oxygens (including phenoxy) is 1. The molecule has 0 aliphatic carbocycles. The summed E-state index contributed by atoms with van der Waals surface area (Å²) in [5.74, 6) is 0. The minimum absolute atomic E-state index is 0.333. The van der Waals surface area contributed by atoms with Crippen molar-refractivity contribution in [3.05, 3.63) is 0 Å². The summed E-state index contributed by atoms with van der Waals surface area (Å²) in [7, 11) is 0. The highest BCUT2D eigenvalue weighted by atomic mass is 16.6. The molecule has 0 radical (unpaired) electrons. The maximum atomic E-state index is 5.11. The molecule has 0 aromatic rings. The number of hydrogen-bond acceptors (Lipinski definition) is 2. The second-order valence-corrected chi connectivity index (χ2v) is 1.86. The maximum absolute atomic E-state index is 5.11. The molecule has 0 saturated carbocycles. The van der Waals surface area contributed by atoms with Gasteiger partial charge in [0.1, 0.15) is 0 Å². The van der Waals surface area contributed by atoms with E-state index in [0.29, 0.717) is 6.04 Å². The fourth-order valence-corrected chi connectivity index (χ4v) is 0. The predicted molar refractivity (Wildman–Crippen MR) is 30.1 cm³/mol. The molecule has 0 unspecified atom stereocenters. The Morgan fingerprint density at radius 3 is 1.57 bits per heavy atom. The first-order chi connectivity index (χ1) is 3.23. The zero-order valence-corrected chi connectivity index (χ0v) is 4.98. The number of epoxide rings is 1. The van der Waals surface area contributed by atoms with Gasteiger partial charge in [-0.15, -0.1) is 0 Å². The molecule has 1 aliphatic heterocycles. The second kappa shape index (κ2) is 4.09. The Labute approximate surface area is 44.7 Å². The van der Waals surface area contributed by atoms with Gasteiger partial charge >= 0.3 is 0 Å². The quantitative estimate of drug-likeness (QED) is 0.450. The third-order valence-corrected chi connectivity index (χ3v) is 0.204. The maximum Gasteiger partial charge on any atom is 0.0701 e. The van der Waals surface area contributed by atoms with Crippen LogP contribution in [-0.2, 0) is 4.74 Å². The Balaban J connectivity index is 0.000000105. The first-order valence-corrected chi connectivity index (χ1v) is 2.57. The summed E-state index contributed by atoms with van der Waals surface area (Å²) in [6.07, 6.45) is 0. The van der Waals surface area contributed by atoms with Crippen molar-refractivity contribution in [1.82, 2.24) is 0 Å². The summed E-state index contributed by atoms with van der Waals surface area (Å²) in [6, 6.07) is 0.333. The van der Waals surface area contributed by atoms with Crippen molar-refractivity contribution in [3.63, 3.8) is 0 Å². The summed E-state index contributed by atoms with van der Waals surface area (Å²) in [6.45, 7) is 5.89. The zero-order chi connectivity index (χ0) is 5.70. The van der Waals surface area contributed by atoms with Crippen LogP contribution in [-0.4, -0.2) is 19.3 Å². The number of hydrogen-bond donors (Lipinski definition) is 1. The van der Waals surface area contributed by atoms with E-state index in [1.807, 2.05) is 13.8 Å². The van der Waals surface area contributed by atoms with Crippen LogP contribution < -0.4 is 5.73 Å². The zero-order valence-electron chi connectivity index (χ0n) is 4.98. The molecule has 2 nitrogen and oxygen atoms in total. The van der Waals surface area contributed by atoms with Crippen molar-refractivity contribution in [3.8, 4) is 0 Å². The van der Waals surface area contributed by atoms with Crippen molar-refractivity contribution < 1.29 is 4.74 Å². The summed E-state index contributed by atoms with van der Waals surface area (Å²) >= 11 is 0. The van der Waals surface area contributed by atoms with E-state index in [2.05, 4.69) is 4.74 Å². The Hall–Kier alpha value is -0.0800. The standard InChI is InChI=1S/C3H9N.C2H4O/c1-3(2)4;1-2-3-1/h3H,4H2,1-2H3;1-2H2. The van der Waals surface area contributed by atoms with Gasteiger partial charge in [-0.1, -0.05) is 13.8 Å². The van der Waals surface area contributed by atoms with Gasteiger partial charge in [-0.3, -0.25) is 0 Å². The van der Waals surface area contributed by atoms with Crippen molar-refractivity contribution in [1.29, 1.82) is 0 Å². The van der Waals surface area contributed by atoms with Crippen LogP contribution in [0.1, 0.15) is 13.8 Å². The van der Waals surface area contributed by atoms with E-state index in [4.69, 9.17) is 5.73 Å². The lowest BCUT2D eigenvalue weighted by molar-refractivity contribution is 0.475. The van der Waals surface area contributed by atoms with Gasteiger partial charge in [0.15, 0.2) is 0 Å². The van der Waals surface area contributed by atoms with Crippen LogP contribution in [0.25, 0.3) is 0 Å². The largest absolute Gasteiger partial charge is 0.377 e. The molecule has 0 bridgehead atoms. The van der Waals surface area contributed by atoms with Gasteiger partial charge in [0.05, 0.1) is 13.2 Å². The lowest BCUT2D eigenvalue weighted by Crippen LogP contribution is -2.06. The van der Waals surface area contributed by atoms with Gasteiger partial charge in [-0.05, 0) is 6.04 Å². The van der Waals surface area contributed by atoms with Crippen LogP contribution in [0.3, 0.4) is 0 Å². The number of nitrogens with two attached hydrogens (primary N) is 1. The third kappa shape index (κ3) is 107. The molecular formula is C5H13NO. The normalized spacial score (nSPS) is 15.4. The molecule has 1 rings (SSSR count). The van der Waals surface area contributed by atoms with E-state index < -0.39 is 0 Å². The average molecular weight is 103 g/mol. The SMILES string of the molecule is C1CO1.CC(C)N. The van der Waals surface area contributed by atoms with E-state index in [1.54, 1.807) is 0 Å². The van der Waals surface area contributed by atoms with Crippen LogP contribution in [0, 0.1) is 0 Å². The van der Waals surface area contributed by atoms with Gasteiger partial charge in [0.25, 0.3) is 0 Å². The van der Waals surface area contributed by atoms with Crippen molar-refractivity contribution in [2.24, 2.45) is 5.73 Å². The van der Waals surface area contributed by atoms with Gasteiger partial charge < -0.3 is 10.5 Å². The molecule has 2 heteroatoms. The molecule has 0 amide bonds. The summed E-state index contributed by atoms with van der Waals surface area (Å²) in [4.78, 5) is 0. The average Bonchev–Trinajstić information content (AvgIpc) is 2.02. The molecule has 44 valence electrons. The molecule has 7 heavy (non-hydrogen) atoms. The van der Waals surface area contributed by atoms with Gasteiger partial charge in [-0.2, -0.15) is 0 Å². The Kier molecular flexibility index (Phi) is 4.04. The van der Waals surface area contributed by atoms with Crippen LogP contribution in [0.4, 0.5) is 0 Å². The van der Waals surface area contributed by atoms with Crippen LogP contribution in [0.15, 0.2) is 0 Å². The topological polar surface area (TPSA) is 38.5 Å². The molecule has 1 fully saturated rings. The molecule has 0 aromatic heterocycles. The van der Waals surface area contributed by atoms with E-state index in [1.165, 1.54) is 0 Å². The van der Waals surface area contributed by atoms with Crippen molar-refractivity contribution in [2.45, 2.75) is 19.9 Å². The predicted octanol–water partition coefficient (Wildman–Crippen LogP) is 0.370. The molecule has 0 atom stereocenters. The fraction of sp³-hybridized carbons (Fsp3) is 1.00. The van der Waals surface area contributed by atoms with Crippen LogP contribution >= 0.6 is 0 Å². The molecule has 2 N–H and O–H groups in total. The first kappa shape index (κ1) is 6.92. The Bertz CT molecular complexity index is 29.6. The van der Waals surface area contributed by atoms with Crippen molar-refractivity contribution >= 4 is 0 Å². The molecule has 0 spiro atoms. The van der Waals surface area contributed by atoms with Gasteiger partial charge in [0, 0.05) is 0 Å². The molecule has 0 aromatic carbocycles. The van der Waals surface area contributed by atoms with E-state index >= 15 is 0 Å². The second-order valence-electron chi connectivity index (χ2n) is 1.86. The van der Waals surface area contributed by atoms with Gasteiger partial charge in [-0.25, -0.2) is 0 Å². The molecule has 1 saturated heterocycles. The summed E-state index contributed by atoms with van der Waals surface area (Å²) in [5.41, 5.74) is 5.11. The van der Waals surface area contributed by atoms with Crippen LogP contribution in [0.2, 0.25) is 0 Å². The van der Waals surface area contributed by atoms with Crippen LogP contribution in [0.5, 0.6) is 0 Å². The molecule has 1 aliphatic rings. The first-order valence-electron chi connectivity index (χ1n) is 2.57. The fourth-order valence-electron chi connectivity index (χ4n) is 0. The lowest BCUT2D eigenvalue weighted by atomic mass is 10.5. The minimum atomic E-state index is 0.333. The highest BCUT2D eigenvalue weighted by Gasteiger charge is 1.94. The molecule has 1 heterocycles.